The van der Waals surface area contributed by atoms with Crippen LogP contribution in [-0.4, -0.2) is 37.0 Å². The Morgan fingerprint density at radius 2 is 1.50 bits per heavy atom. The fraction of sp³-hybridized carbons (Fsp3) is 1.00. The molecule has 0 saturated carbocycles. The van der Waals surface area contributed by atoms with Gasteiger partial charge < -0.3 is 19.3 Å². The fourth-order valence-electron chi connectivity index (χ4n) is 1.97. The van der Waals surface area contributed by atoms with Crippen LogP contribution in [0.4, 0.5) is 0 Å². The van der Waals surface area contributed by atoms with Crippen molar-refractivity contribution in [2.45, 2.75) is 71.9 Å². The van der Waals surface area contributed by atoms with Crippen LogP contribution in [0.1, 0.15) is 59.8 Å². The Morgan fingerprint density at radius 3 is 1.94 bits per heavy atom. The van der Waals surface area contributed by atoms with E-state index < -0.39 is 12.1 Å². The van der Waals surface area contributed by atoms with Crippen LogP contribution in [0, 0.1) is 0 Å². The Morgan fingerprint density at radius 1 is 0.889 bits per heavy atom. The van der Waals surface area contributed by atoms with Gasteiger partial charge in [0.1, 0.15) is 6.10 Å². The molecule has 0 saturated heterocycles. The van der Waals surface area contributed by atoms with Crippen molar-refractivity contribution in [3.05, 3.63) is 0 Å². The molecule has 1 N–H and O–H groups in total. The van der Waals surface area contributed by atoms with E-state index in [4.69, 9.17) is 14.2 Å². The number of hydrogen-bond acceptors (Lipinski definition) is 4. The molecule has 0 aromatic carbocycles. The van der Waals surface area contributed by atoms with Gasteiger partial charge in [0.25, 0.3) is 0 Å². The van der Waals surface area contributed by atoms with Crippen LogP contribution in [0.15, 0.2) is 0 Å². The molecule has 4 heteroatoms. The van der Waals surface area contributed by atoms with Gasteiger partial charge in [-0.25, -0.2) is 0 Å². The molecule has 0 bridgehead atoms. The summed E-state index contributed by atoms with van der Waals surface area (Å²) >= 11 is 0. The van der Waals surface area contributed by atoms with E-state index in [0.717, 1.165) is 19.3 Å². The normalized spacial score (nSPS) is 13.8. The first-order valence-corrected chi connectivity index (χ1v) is 7.26. The summed E-state index contributed by atoms with van der Waals surface area (Å²) in [4.78, 5) is 0. The van der Waals surface area contributed by atoms with E-state index in [1.165, 1.54) is 12.8 Å². The minimum atomic E-state index is -1.61. The Bertz CT molecular complexity index is 179. The van der Waals surface area contributed by atoms with Crippen LogP contribution in [0.2, 0.25) is 0 Å². The predicted octanol–water partition coefficient (Wildman–Crippen LogP) is 3.08. The van der Waals surface area contributed by atoms with Gasteiger partial charge in [0.2, 0.25) is 0 Å². The third kappa shape index (κ3) is 6.69. The molecule has 1 atom stereocenters. The van der Waals surface area contributed by atoms with E-state index >= 15 is 0 Å². The second-order valence-electron chi connectivity index (χ2n) is 4.29. The number of ether oxygens (including phenoxy) is 3. The zero-order valence-corrected chi connectivity index (χ0v) is 12.4. The summed E-state index contributed by atoms with van der Waals surface area (Å²) in [7, 11) is 0. The van der Waals surface area contributed by atoms with Crippen molar-refractivity contribution < 1.29 is 19.3 Å². The van der Waals surface area contributed by atoms with Crippen LogP contribution in [0.3, 0.4) is 0 Å². The van der Waals surface area contributed by atoms with Crippen LogP contribution >= 0.6 is 0 Å². The average molecular weight is 262 g/mol. The van der Waals surface area contributed by atoms with Crippen molar-refractivity contribution in [1.29, 1.82) is 0 Å². The molecule has 1 unspecified atom stereocenters. The molecule has 110 valence electrons. The smallest absolute Gasteiger partial charge is 0.308 e. The maximum Gasteiger partial charge on any atom is 0.308 e. The first kappa shape index (κ1) is 17.8. The van der Waals surface area contributed by atoms with Crippen LogP contribution in [0.25, 0.3) is 0 Å². The van der Waals surface area contributed by atoms with Gasteiger partial charge in [0.15, 0.2) is 0 Å². The van der Waals surface area contributed by atoms with Gasteiger partial charge >= 0.3 is 5.97 Å². The molecule has 18 heavy (non-hydrogen) atoms. The highest BCUT2D eigenvalue weighted by Crippen LogP contribution is 2.23. The summed E-state index contributed by atoms with van der Waals surface area (Å²) in [6.45, 7) is 9.10. The van der Waals surface area contributed by atoms with Crippen LogP contribution in [-0.2, 0) is 14.2 Å². The van der Waals surface area contributed by atoms with Gasteiger partial charge in [-0.3, -0.25) is 0 Å². The van der Waals surface area contributed by atoms with E-state index in [1.807, 2.05) is 20.8 Å². The molecule has 0 radical (unpaired) electrons. The zero-order chi connectivity index (χ0) is 13.9. The Kier molecular flexibility index (Phi) is 10.6. The van der Waals surface area contributed by atoms with Crippen molar-refractivity contribution in [2.24, 2.45) is 0 Å². The number of aliphatic hydroxyl groups is 1. The standard InChI is InChI=1S/C14H30O4/c1-5-9-10-11-12-13(16-6-2)14(15,17-7-3)18-8-4/h13,15H,5-12H2,1-4H3. The molecule has 0 aliphatic carbocycles. The summed E-state index contributed by atoms with van der Waals surface area (Å²) in [6, 6.07) is 0. The molecule has 0 aliphatic rings. The quantitative estimate of drug-likeness (QED) is 0.434. The summed E-state index contributed by atoms with van der Waals surface area (Å²) < 4.78 is 16.3. The van der Waals surface area contributed by atoms with E-state index in [-0.39, 0.29) is 0 Å². The molecule has 0 spiro atoms. The van der Waals surface area contributed by atoms with E-state index in [9.17, 15) is 5.11 Å². The first-order valence-electron chi connectivity index (χ1n) is 7.26. The topological polar surface area (TPSA) is 47.9 Å². The highest BCUT2D eigenvalue weighted by Gasteiger charge is 2.39. The Labute approximate surface area is 112 Å². The summed E-state index contributed by atoms with van der Waals surface area (Å²) in [6.07, 6.45) is 4.90. The third-order valence-electron chi connectivity index (χ3n) is 2.80. The predicted molar refractivity (Wildman–Crippen MR) is 72.4 cm³/mol. The molecular weight excluding hydrogens is 232 g/mol. The minimum absolute atomic E-state index is 0.398. The Hall–Kier alpha value is -0.160. The van der Waals surface area contributed by atoms with Gasteiger partial charge in [0, 0.05) is 19.8 Å². The van der Waals surface area contributed by atoms with Crippen molar-refractivity contribution >= 4 is 0 Å². The molecule has 0 fully saturated rings. The van der Waals surface area contributed by atoms with E-state index in [2.05, 4.69) is 6.92 Å². The van der Waals surface area contributed by atoms with Crippen LogP contribution < -0.4 is 0 Å². The van der Waals surface area contributed by atoms with Gasteiger partial charge in [-0.1, -0.05) is 32.6 Å². The van der Waals surface area contributed by atoms with Crippen molar-refractivity contribution in [1.82, 2.24) is 0 Å². The molecule has 0 heterocycles. The maximum atomic E-state index is 10.4. The average Bonchev–Trinajstić information content (AvgIpc) is 2.33. The lowest BCUT2D eigenvalue weighted by atomic mass is 10.1. The minimum Gasteiger partial charge on any atom is -0.370 e. The maximum absolute atomic E-state index is 10.4. The molecule has 0 aromatic heterocycles. The van der Waals surface area contributed by atoms with E-state index in [0.29, 0.717) is 19.8 Å². The van der Waals surface area contributed by atoms with Crippen molar-refractivity contribution in [3.63, 3.8) is 0 Å². The molecule has 4 nitrogen and oxygen atoms in total. The van der Waals surface area contributed by atoms with Gasteiger partial charge in [-0.05, 0) is 27.2 Å². The molecular formula is C14H30O4. The van der Waals surface area contributed by atoms with Gasteiger partial charge in [0.05, 0.1) is 0 Å². The van der Waals surface area contributed by atoms with Crippen molar-refractivity contribution in [3.8, 4) is 0 Å². The number of unbranched alkanes of at least 4 members (excludes halogenated alkanes) is 3. The zero-order valence-electron chi connectivity index (χ0n) is 12.4. The SMILES string of the molecule is CCCCCCC(OCC)C(O)(OCC)OCC. The van der Waals surface area contributed by atoms with Gasteiger partial charge in [-0.2, -0.15) is 0 Å². The third-order valence-corrected chi connectivity index (χ3v) is 2.80. The second kappa shape index (κ2) is 10.7. The summed E-state index contributed by atoms with van der Waals surface area (Å²) in [5.41, 5.74) is 0. The molecule has 0 aromatic rings. The molecule has 0 rings (SSSR count). The lowest BCUT2D eigenvalue weighted by Crippen LogP contribution is -2.49. The van der Waals surface area contributed by atoms with Crippen molar-refractivity contribution in [2.75, 3.05) is 19.8 Å². The summed E-state index contributed by atoms with van der Waals surface area (Å²) in [5, 5.41) is 10.4. The number of hydrogen-bond donors (Lipinski definition) is 1. The lowest BCUT2D eigenvalue weighted by molar-refractivity contribution is -0.398. The Balaban J connectivity index is 4.38. The van der Waals surface area contributed by atoms with Gasteiger partial charge in [-0.15, -0.1) is 0 Å². The first-order chi connectivity index (χ1) is 8.64. The fourth-order valence-corrected chi connectivity index (χ4v) is 1.97. The van der Waals surface area contributed by atoms with E-state index in [1.54, 1.807) is 0 Å². The highest BCUT2D eigenvalue weighted by molar-refractivity contribution is 4.70. The largest absolute Gasteiger partial charge is 0.370 e. The van der Waals surface area contributed by atoms with Crippen LogP contribution in [0.5, 0.6) is 0 Å². The lowest BCUT2D eigenvalue weighted by Gasteiger charge is -2.34. The molecule has 0 aliphatic heterocycles. The second-order valence-corrected chi connectivity index (χ2v) is 4.29. The highest BCUT2D eigenvalue weighted by atomic mass is 16.8. The summed E-state index contributed by atoms with van der Waals surface area (Å²) in [5.74, 6) is -1.61. The monoisotopic (exact) mass is 262 g/mol. The number of rotatable bonds is 12. The molecule has 0 amide bonds.